The van der Waals surface area contributed by atoms with Gasteiger partial charge in [0.1, 0.15) is 23.1 Å². The molecule has 0 saturated heterocycles. The fourth-order valence-electron chi connectivity index (χ4n) is 2.56. The summed E-state index contributed by atoms with van der Waals surface area (Å²) >= 11 is 0. The predicted octanol–water partition coefficient (Wildman–Crippen LogP) is 5.36. The molecule has 0 unspecified atom stereocenters. The SMILES string of the molecule is CCCCC[S+](CCCCC)CCCCC.O=C([O-])c1ccc(F)cc1. The van der Waals surface area contributed by atoms with Gasteiger partial charge in [-0.1, -0.05) is 52.2 Å². The molecule has 0 fully saturated rings. The van der Waals surface area contributed by atoms with Gasteiger partial charge >= 0.3 is 0 Å². The number of carboxylic acid groups (broad SMARTS) is 1. The summed E-state index contributed by atoms with van der Waals surface area (Å²) in [6, 6.07) is 4.46. The van der Waals surface area contributed by atoms with E-state index in [1.807, 2.05) is 0 Å². The Morgan fingerprint density at radius 1 is 0.808 bits per heavy atom. The van der Waals surface area contributed by atoms with E-state index in [2.05, 4.69) is 20.8 Å². The summed E-state index contributed by atoms with van der Waals surface area (Å²) in [5, 5.41) is 10.1. The number of halogens is 1. The molecule has 1 rings (SSSR count). The van der Waals surface area contributed by atoms with Crippen LogP contribution in [0.15, 0.2) is 24.3 Å². The number of carboxylic acids is 1. The molecule has 0 bridgehead atoms. The second-order valence-corrected chi connectivity index (χ2v) is 9.09. The van der Waals surface area contributed by atoms with Crippen molar-refractivity contribution < 1.29 is 14.3 Å². The van der Waals surface area contributed by atoms with Crippen LogP contribution < -0.4 is 5.11 Å². The van der Waals surface area contributed by atoms with Gasteiger partial charge in [-0.25, -0.2) is 4.39 Å². The highest BCUT2D eigenvalue weighted by Gasteiger charge is 2.15. The highest BCUT2D eigenvalue weighted by molar-refractivity contribution is 7.96. The van der Waals surface area contributed by atoms with Crippen LogP contribution in [0.5, 0.6) is 0 Å². The number of benzene rings is 1. The first-order valence-corrected chi connectivity index (χ1v) is 11.9. The minimum atomic E-state index is -1.29. The van der Waals surface area contributed by atoms with Crippen molar-refractivity contribution in [2.45, 2.75) is 78.6 Å². The molecule has 1 aromatic rings. The average Bonchev–Trinajstić information content (AvgIpc) is 2.63. The summed E-state index contributed by atoms with van der Waals surface area (Å²) in [7, 11) is 0.771. The molecule has 1 aromatic carbocycles. The van der Waals surface area contributed by atoms with Crippen molar-refractivity contribution >= 4 is 16.9 Å². The Morgan fingerprint density at radius 3 is 1.50 bits per heavy atom. The van der Waals surface area contributed by atoms with Crippen LogP contribution in [-0.2, 0) is 10.9 Å². The molecule has 0 heterocycles. The van der Waals surface area contributed by atoms with Gasteiger partial charge in [0.2, 0.25) is 0 Å². The molecule has 0 N–H and O–H groups in total. The van der Waals surface area contributed by atoms with E-state index in [0.29, 0.717) is 0 Å². The van der Waals surface area contributed by atoms with Gasteiger partial charge in [0.15, 0.2) is 0 Å². The summed E-state index contributed by atoms with van der Waals surface area (Å²) in [6.45, 7) is 6.94. The number of rotatable bonds is 13. The Hall–Kier alpha value is -1.03. The van der Waals surface area contributed by atoms with E-state index in [9.17, 15) is 14.3 Å². The second kappa shape index (κ2) is 17.4. The number of carbonyl (C=O) groups excluding carboxylic acids is 1. The standard InChI is InChI=1S/C15H33S.C7H5FO2/c1-4-7-10-13-16(14-11-8-5-2)15-12-9-6-3;8-6-3-1-5(2-4-6)7(9)10/h4-15H2,1-3H3;1-4H,(H,9,10)/q+1;/p-1. The normalized spacial score (nSPS) is 10.5. The smallest absolute Gasteiger partial charge is 0.123 e. The molecular formula is C22H37FO2S. The van der Waals surface area contributed by atoms with Crippen molar-refractivity contribution in [1.29, 1.82) is 0 Å². The fraction of sp³-hybridized carbons (Fsp3) is 0.682. The van der Waals surface area contributed by atoms with Gasteiger partial charge in [0.25, 0.3) is 0 Å². The van der Waals surface area contributed by atoms with E-state index in [1.54, 1.807) is 0 Å². The van der Waals surface area contributed by atoms with E-state index in [4.69, 9.17) is 0 Å². The Kier molecular flexibility index (Phi) is 16.7. The van der Waals surface area contributed by atoms with Gasteiger partial charge in [0.05, 0.1) is 5.97 Å². The summed E-state index contributed by atoms with van der Waals surface area (Å²) in [4.78, 5) is 10.1. The Labute approximate surface area is 162 Å². The van der Waals surface area contributed by atoms with Gasteiger partial charge in [0, 0.05) is 0 Å². The topological polar surface area (TPSA) is 40.1 Å². The highest BCUT2D eigenvalue weighted by Crippen LogP contribution is 2.11. The third-order valence-electron chi connectivity index (χ3n) is 4.19. The summed E-state index contributed by atoms with van der Waals surface area (Å²) < 4.78 is 12.1. The number of unbranched alkanes of at least 4 members (excludes halogenated alkanes) is 6. The second-order valence-electron chi connectivity index (χ2n) is 6.64. The maximum absolute atomic E-state index is 12.1. The van der Waals surface area contributed by atoms with Crippen molar-refractivity contribution in [2.75, 3.05) is 17.3 Å². The third-order valence-corrected chi connectivity index (χ3v) is 6.79. The molecule has 4 heteroatoms. The number of aromatic carboxylic acids is 1. The van der Waals surface area contributed by atoms with Crippen molar-refractivity contribution in [3.05, 3.63) is 35.6 Å². The molecular weight excluding hydrogens is 347 g/mol. The zero-order valence-electron chi connectivity index (χ0n) is 16.9. The molecule has 0 aliphatic heterocycles. The molecule has 0 amide bonds. The van der Waals surface area contributed by atoms with E-state index >= 15 is 0 Å². The van der Waals surface area contributed by atoms with Crippen LogP contribution in [0.2, 0.25) is 0 Å². The van der Waals surface area contributed by atoms with Crippen LogP contribution in [0, 0.1) is 5.82 Å². The van der Waals surface area contributed by atoms with Gasteiger partial charge in [-0.2, -0.15) is 0 Å². The Balaban J connectivity index is 0.000000531. The maximum atomic E-state index is 12.1. The minimum absolute atomic E-state index is 0.0126. The average molecular weight is 385 g/mol. The number of hydrogen-bond donors (Lipinski definition) is 0. The van der Waals surface area contributed by atoms with Crippen molar-refractivity contribution in [1.82, 2.24) is 0 Å². The van der Waals surface area contributed by atoms with Crippen molar-refractivity contribution in [3.63, 3.8) is 0 Å². The molecule has 0 aromatic heterocycles. The van der Waals surface area contributed by atoms with E-state index in [0.717, 1.165) is 35.2 Å². The molecule has 0 aliphatic carbocycles. The lowest BCUT2D eigenvalue weighted by Gasteiger charge is -2.08. The molecule has 0 atom stereocenters. The van der Waals surface area contributed by atoms with Crippen LogP contribution in [0.3, 0.4) is 0 Å². The minimum Gasteiger partial charge on any atom is -0.545 e. The highest BCUT2D eigenvalue weighted by atomic mass is 32.2. The van der Waals surface area contributed by atoms with Gasteiger partial charge in [-0.05, 0) is 67.1 Å². The quantitative estimate of drug-likeness (QED) is 0.339. The van der Waals surface area contributed by atoms with Crippen LogP contribution in [0.1, 0.15) is 88.9 Å². The zero-order chi connectivity index (χ0) is 19.6. The molecule has 2 nitrogen and oxygen atoms in total. The monoisotopic (exact) mass is 384 g/mol. The zero-order valence-corrected chi connectivity index (χ0v) is 17.7. The number of hydrogen-bond acceptors (Lipinski definition) is 2. The molecule has 150 valence electrons. The molecule has 0 aliphatic rings. The first kappa shape index (κ1) is 25.0. The van der Waals surface area contributed by atoms with Crippen LogP contribution in [-0.4, -0.2) is 23.2 Å². The van der Waals surface area contributed by atoms with Crippen LogP contribution in [0.25, 0.3) is 0 Å². The molecule has 0 saturated carbocycles. The molecule has 0 spiro atoms. The summed E-state index contributed by atoms with van der Waals surface area (Å²) in [5.41, 5.74) is -0.0126. The Morgan fingerprint density at radius 2 is 1.19 bits per heavy atom. The first-order valence-electron chi connectivity index (χ1n) is 10.2. The number of carbonyl (C=O) groups is 1. The van der Waals surface area contributed by atoms with E-state index < -0.39 is 11.8 Å². The van der Waals surface area contributed by atoms with Crippen LogP contribution >= 0.6 is 0 Å². The lowest BCUT2D eigenvalue weighted by molar-refractivity contribution is -0.255. The Bertz CT molecular complexity index is 424. The predicted molar refractivity (Wildman–Crippen MR) is 111 cm³/mol. The molecule has 26 heavy (non-hydrogen) atoms. The summed E-state index contributed by atoms with van der Waals surface area (Å²) in [5.74, 6) is 2.84. The van der Waals surface area contributed by atoms with Gasteiger partial charge < -0.3 is 9.90 Å². The van der Waals surface area contributed by atoms with E-state index in [1.165, 1.54) is 75.0 Å². The molecule has 0 radical (unpaired) electrons. The van der Waals surface area contributed by atoms with Crippen molar-refractivity contribution in [2.24, 2.45) is 0 Å². The summed E-state index contributed by atoms with van der Waals surface area (Å²) in [6.07, 6.45) is 12.9. The lowest BCUT2D eigenvalue weighted by Crippen LogP contribution is -2.21. The fourth-order valence-corrected chi connectivity index (χ4v) is 5.01. The lowest BCUT2D eigenvalue weighted by atomic mass is 10.2. The van der Waals surface area contributed by atoms with Gasteiger partial charge in [-0.3, -0.25) is 0 Å². The maximum Gasteiger partial charge on any atom is 0.123 e. The van der Waals surface area contributed by atoms with Crippen molar-refractivity contribution in [3.8, 4) is 0 Å². The van der Waals surface area contributed by atoms with E-state index in [-0.39, 0.29) is 5.56 Å². The third kappa shape index (κ3) is 14.2. The van der Waals surface area contributed by atoms with Gasteiger partial charge in [-0.15, -0.1) is 0 Å². The first-order chi connectivity index (χ1) is 12.5. The largest absolute Gasteiger partial charge is 0.545 e. The van der Waals surface area contributed by atoms with Crippen LogP contribution in [0.4, 0.5) is 4.39 Å².